The molecule has 3 aromatic rings. The molecule has 2 atom stereocenters. The molecule has 1 N–H and O–H groups in total. The zero-order valence-corrected chi connectivity index (χ0v) is 18.0. The zero-order valence-electron chi connectivity index (χ0n) is 18.0. The highest BCUT2D eigenvalue weighted by Crippen LogP contribution is 2.34. The maximum atomic E-state index is 12.9. The second kappa shape index (κ2) is 8.33. The van der Waals surface area contributed by atoms with Crippen LogP contribution in [0.15, 0.2) is 48.5 Å². The van der Waals surface area contributed by atoms with E-state index in [0.29, 0.717) is 23.1 Å². The molecule has 1 aliphatic rings. The van der Waals surface area contributed by atoms with Crippen molar-refractivity contribution in [3.05, 3.63) is 76.6 Å². The number of nitrogens with one attached hydrogen (secondary N) is 1. The van der Waals surface area contributed by atoms with Gasteiger partial charge in [-0.2, -0.15) is 18.3 Å². The molecule has 0 fully saturated rings. The van der Waals surface area contributed by atoms with E-state index in [1.165, 1.54) is 12.1 Å². The number of aryl methyl sites for hydroxylation is 1. The van der Waals surface area contributed by atoms with Crippen molar-refractivity contribution in [2.24, 2.45) is 7.05 Å². The third kappa shape index (κ3) is 4.35. The molecule has 1 heterocycles. The smallest absolute Gasteiger partial charge is 0.416 e. The number of alkyl halides is 3. The third-order valence-electron chi connectivity index (χ3n) is 5.83. The maximum absolute atomic E-state index is 12.9. The molecule has 1 aromatic heterocycles. The number of carbonyl (C=O) groups is 1. The molecular formula is C24H24F3N3O2. The quantitative estimate of drug-likeness (QED) is 0.545. The summed E-state index contributed by atoms with van der Waals surface area (Å²) >= 11 is 0. The van der Waals surface area contributed by atoms with Crippen molar-refractivity contribution in [3.63, 3.8) is 0 Å². The number of amides is 1. The lowest BCUT2D eigenvalue weighted by molar-refractivity contribution is -0.137. The Balaban J connectivity index is 1.41. The first-order valence-corrected chi connectivity index (χ1v) is 10.4. The fourth-order valence-corrected chi connectivity index (χ4v) is 4.03. The van der Waals surface area contributed by atoms with E-state index in [1.54, 1.807) is 23.9 Å². The minimum absolute atomic E-state index is 0.159. The van der Waals surface area contributed by atoms with Gasteiger partial charge in [-0.25, -0.2) is 0 Å². The van der Waals surface area contributed by atoms with E-state index < -0.39 is 11.7 Å². The highest BCUT2D eigenvalue weighted by Gasteiger charge is 2.31. The first-order valence-electron chi connectivity index (χ1n) is 10.4. The van der Waals surface area contributed by atoms with Crippen LogP contribution in [0.4, 0.5) is 13.2 Å². The van der Waals surface area contributed by atoms with E-state index in [0.717, 1.165) is 41.8 Å². The van der Waals surface area contributed by atoms with Crippen LogP contribution in [0.3, 0.4) is 0 Å². The predicted molar refractivity (Wildman–Crippen MR) is 114 cm³/mol. The number of ether oxygens (including phenoxy) is 1. The number of hydrogen-bond acceptors (Lipinski definition) is 3. The summed E-state index contributed by atoms with van der Waals surface area (Å²) in [4.78, 5) is 12.9. The van der Waals surface area contributed by atoms with Gasteiger partial charge in [0, 0.05) is 18.5 Å². The number of aromatic nitrogens is 2. The Hall–Kier alpha value is -3.29. The van der Waals surface area contributed by atoms with E-state index >= 15 is 0 Å². The fraction of sp³-hybridized carbons (Fsp3) is 0.333. The highest BCUT2D eigenvalue weighted by molar-refractivity contribution is 5.94. The molecule has 1 aliphatic carbocycles. The van der Waals surface area contributed by atoms with Gasteiger partial charge in [-0.05, 0) is 61.7 Å². The number of rotatable bonds is 5. The van der Waals surface area contributed by atoms with Crippen LogP contribution >= 0.6 is 0 Å². The van der Waals surface area contributed by atoms with Crippen molar-refractivity contribution in [3.8, 4) is 11.5 Å². The Kier molecular flexibility index (Phi) is 5.71. The second-order valence-electron chi connectivity index (χ2n) is 8.16. The molecule has 0 bridgehead atoms. The van der Waals surface area contributed by atoms with E-state index in [9.17, 15) is 18.0 Å². The zero-order chi connectivity index (χ0) is 23.0. The van der Waals surface area contributed by atoms with Gasteiger partial charge in [0.15, 0.2) is 0 Å². The van der Waals surface area contributed by atoms with Crippen LogP contribution in [0.1, 0.15) is 65.1 Å². The van der Waals surface area contributed by atoms with Crippen molar-refractivity contribution >= 4 is 5.91 Å². The first-order chi connectivity index (χ1) is 15.1. The maximum Gasteiger partial charge on any atom is 0.416 e. The van der Waals surface area contributed by atoms with Crippen LogP contribution in [0.5, 0.6) is 11.5 Å². The van der Waals surface area contributed by atoms with Crippen LogP contribution in [-0.2, 0) is 19.6 Å². The van der Waals surface area contributed by atoms with Crippen molar-refractivity contribution in [1.82, 2.24) is 15.1 Å². The first kappa shape index (κ1) is 21.9. The van der Waals surface area contributed by atoms with Gasteiger partial charge in [-0.3, -0.25) is 9.48 Å². The predicted octanol–water partition coefficient (Wildman–Crippen LogP) is 5.77. The summed E-state index contributed by atoms with van der Waals surface area (Å²) in [6.07, 6.45) is -2.51. The van der Waals surface area contributed by atoms with Crippen LogP contribution in [0, 0.1) is 0 Å². The number of carbonyl (C=O) groups excluding carboxylic acids is 1. The number of hydrogen-bond donors (Lipinski definition) is 1. The van der Waals surface area contributed by atoms with Gasteiger partial charge < -0.3 is 10.1 Å². The molecule has 0 aliphatic heterocycles. The summed E-state index contributed by atoms with van der Waals surface area (Å²) in [5, 5.41) is 7.55. The Morgan fingerprint density at radius 2 is 1.72 bits per heavy atom. The van der Waals surface area contributed by atoms with Gasteiger partial charge in [0.2, 0.25) is 0 Å². The Bertz CT molecular complexity index is 1120. The number of benzene rings is 2. The normalized spacial score (nSPS) is 16.5. The Morgan fingerprint density at radius 3 is 2.31 bits per heavy atom. The van der Waals surface area contributed by atoms with Crippen molar-refractivity contribution in [1.29, 1.82) is 0 Å². The van der Waals surface area contributed by atoms with Crippen molar-refractivity contribution < 1.29 is 22.7 Å². The summed E-state index contributed by atoms with van der Waals surface area (Å²) in [5.74, 6) is 1.01. The third-order valence-corrected chi connectivity index (χ3v) is 5.83. The van der Waals surface area contributed by atoms with E-state index in [1.807, 2.05) is 19.1 Å². The highest BCUT2D eigenvalue weighted by atomic mass is 19.4. The number of fused-ring (bicyclic) bond motifs is 1. The molecule has 168 valence electrons. The molecule has 4 rings (SSSR count). The largest absolute Gasteiger partial charge is 0.457 e. The molecule has 0 radical (unpaired) electrons. The van der Waals surface area contributed by atoms with E-state index in [4.69, 9.17) is 4.74 Å². The van der Waals surface area contributed by atoms with Crippen molar-refractivity contribution in [2.75, 3.05) is 0 Å². The van der Waals surface area contributed by atoms with Crippen molar-refractivity contribution in [2.45, 2.75) is 44.8 Å². The Morgan fingerprint density at radius 1 is 1.12 bits per heavy atom. The monoisotopic (exact) mass is 443 g/mol. The van der Waals surface area contributed by atoms with Gasteiger partial charge in [0.1, 0.15) is 17.2 Å². The molecule has 0 saturated carbocycles. The van der Waals surface area contributed by atoms with Gasteiger partial charge in [-0.15, -0.1) is 0 Å². The van der Waals surface area contributed by atoms with Crippen LogP contribution < -0.4 is 10.1 Å². The Labute approximate surface area is 184 Å². The molecule has 1 amide bonds. The van der Waals surface area contributed by atoms with Gasteiger partial charge in [0.25, 0.3) is 5.91 Å². The summed E-state index contributed by atoms with van der Waals surface area (Å²) in [5.41, 5.74) is 2.81. The minimum atomic E-state index is -4.38. The lowest BCUT2D eigenvalue weighted by atomic mass is 10.1. The van der Waals surface area contributed by atoms with Gasteiger partial charge in [0.05, 0.1) is 17.3 Å². The topological polar surface area (TPSA) is 56.2 Å². The molecular weight excluding hydrogens is 419 g/mol. The standard InChI is InChI=1S/C24H24F3N3O2/c1-14-4-13-20-21(14)29-30(3)22(20)23(31)28-15(2)16-5-9-18(10-6-16)32-19-11-7-17(8-12-19)24(25,26)27/h5-12,14-15H,4,13H2,1-3H3,(H,28,31). The van der Waals surface area contributed by atoms with E-state index in [2.05, 4.69) is 17.3 Å². The lowest BCUT2D eigenvalue weighted by Gasteiger charge is -2.16. The minimum Gasteiger partial charge on any atom is -0.457 e. The lowest BCUT2D eigenvalue weighted by Crippen LogP contribution is -2.29. The van der Waals surface area contributed by atoms with Gasteiger partial charge >= 0.3 is 6.18 Å². The number of nitrogens with zero attached hydrogens (tertiary/aromatic N) is 2. The molecule has 2 aromatic carbocycles. The summed E-state index contributed by atoms with van der Waals surface area (Å²) in [6.45, 7) is 4.01. The average Bonchev–Trinajstić information content (AvgIpc) is 3.26. The second-order valence-corrected chi connectivity index (χ2v) is 8.16. The van der Waals surface area contributed by atoms with Gasteiger partial charge in [-0.1, -0.05) is 19.1 Å². The summed E-state index contributed by atoms with van der Waals surface area (Å²) in [6, 6.07) is 11.4. The fourth-order valence-electron chi connectivity index (χ4n) is 4.03. The average molecular weight is 443 g/mol. The molecule has 0 spiro atoms. The number of halogens is 3. The summed E-state index contributed by atoms with van der Waals surface area (Å²) < 4.78 is 45.3. The van der Waals surface area contributed by atoms with Crippen LogP contribution in [-0.4, -0.2) is 15.7 Å². The molecule has 2 unspecified atom stereocenters. The molecule has 5 nitrogen and oxygen atoms in total. The van der Waals surface area contributed by atoms with E-state index in [-0.39, 0.29) is 11.9 Å². The van der Waals surface area contributed by atoms with Crippen LogP contribution in [0.25, 0.3) is 0 Å². The van der Waals surface area contributed by atoms with Crippen LogP contribution in [0.2, 0.25) is 0 Å². The molecule has 0 saturated heterocycles. The SMILES string of the molecule is CC1CCc2c1nn(C)c2C(=O)NC(C)c1ccc(Oc2ccc(C(F)(F)F)cc2)cc1. The molecule has 8 heteroatoms. The summed E-state index contributed by atoms with van der Waals surface area (Å²) in [7, 11) is 1.79. The molecule has 32 heavy (non-hydrogen) atoms.